The molecule has 4 unspecified atom stereocenters. The van der Waals surface area contributed by atoms with Crippen LogP contribution >= 0.6 is 0 Å². The van der Waals surface area contributed by atoms with Crippen molar-refractivity contribution in [3.63, 3.8) is 0 Å². The lowest BCUT2D eigenvalue weighted by molar-refractivity contribution is -0.148. The summed E-state index contributed by atoms with van der Waals surface area (Å²) < 4.78 is 0. The van der Waals surface area contributed by atoms with Crippen molar-refractivity contribution in [1.29, 1.82) is 0 Å². The predicted octanol–water partition coefficient (Wildman–Crippen LogP) is 1.11. The van der Waals surface area contributed by atoms with E-state index in [-0.39, 0.29) is 29.7 Å². The van der Waals surface area contributed by atoms with Crippen LogP contribution in [0.3, 0.4) is 0 Å². The number of allylic oxidation sites excluding steroid dienone is 2. The number of nitrogens with one attached hydrogen (secondary N) is 1. The normalized spacial score (nSPS) is 17.0. The maximum Gasteiger partial charge on any atom is 0.245 e. The molecule has 0 aliphatic rings. The second-order valence-corrected chi connectivity index (χ2v) is 6.93. The number of rotatable bonds is 9. The number of carbonyl (C=O) groups excluding carboxylic acids is 2. The lowest BCUT2D eigenvalue weighted by atomic mass is 9.92. The molecule has 0 aromatic heterocycles. The highest BCUT2D eigenvalue weighted by Gasteiger charge is 2.38. The van der Waals surface area contributed by atoms with Crippen molar-refractivity contribution in [2.75, 3.05) is 28.2 Å². The van der Waals surface area contributed by atoms with Gasteiger partial charge in [-0.15, -0.1) is 0 Å². The minimum Gasteiger partial charge on any atom is -0.390 e. The molecule has 6 nitrogen and oxygen atoms in total. The molecule has 2 N–H and O–H groups in total. The quantitative estimate of drug-likeness (QED) is 0.616. The average Bonchev–Trinajstić information content (AvgIpc) is 2.51. The van der Waals surface area contributed by atoms with E-state index >= 15 is 0 Å². The van der Waals surface area contributed by atoms with Crippen LogP contribution in [0, 0.1) is 11.8 Å². The number of aliphatic hydroxyl groups excluding tert-OH is 1. The Hall–Kier alpha value is -1.40. The third-order valence-corrected chi connectivity index (χ3v) is 4.37. The minimum atomic E-state index is -0.940. The van der Waals surface area contributed by atoms with Crippen LogP contribution < -0.4 is 5.32 Å². The number of hydrogen-bond donors (Lipinski definition) is 2. The van der Waals surface area contributed by atoms with Gasteiger partial charge in [0.15, 0.2) is 0 Å². The summed E-state index contributed by atoms with van der Waals surface area (Å²) in [6, 6.07) is -1.26. The van der Waals surface area contributed by atoms with Crippen LogP contribution in [-0.4, -0.2) is 73.1 Å². The van der Waals surface area contributed by atoms with Crippen molar-refractivity contribution in [2.24, 2.45) is 11.8 Å². The molecule has 140 valence electrons. The molecule has 0 fully saturated rings. The first kappa shape index (κ1) is 22.6. The SMILES string of the molecule is CC=CCC(C)C(O)C(C(=O)NC)N(C)C(=O)C(C(C)C)N(C)C. The molecule has 6 heteroatoms. The predicted molar refractivity (Wildman–Crippen MR) is 97.5 cm³/mol. The number of carbonyl (C=O) groups is 2. The Labute approximate surface area is 146 Å². The van der Waals surface area contributed by atoms with Gasteiger partial charge in [-0.2, -0.15) is 0 Å². The third-order valence-electron chi connectivity index (χ3n) is 4.37. The summed E-state index contributed by atoms with van der Waals surface area (Å²) >= 11 is 0. The van der Waals surface area contributed by atoms with Crippen LogP contribution in [-0.2, 0) is 9.59 Å². The van der Waals surface area contributed by atoms with Crippen LogP contribution in [0.1, 0.15) is 34.1 Å². The molecular weight excluding hydrogens is 306 g/mol. The van der Waals surface area contributed by atoms with Gasteiger partial charge in [0.2, 0.25) is 11.8 Å². The van der Waals surface area contributed by atoms with Crippen molar-refractivity contribution < 1.29 is 14.7 Å². The lowest BCUT2D eigenvalue weighted by Crippen LogP contribution is -2.59. The highest BCUT2D eigenvalue weighted by Crippen LogP contribution is 2.19. The van der Waals surface area contributed by atoms with Gasteiger partial charge >= 0.3 is 0 Å². The fourth-order valence-corrected chi connectivity index (χ4v) is 2.96. The van der Waals surface area contributed by atoms with Gasteiger partial charge in [-0.1, -0.05) is 32.9 Å². The van der Waals surface area contributed by atoms with Gasteiger partial charge in [0.25, 0.3) is 0 Å². The summed E-state index contributed by atoms with van der Waals surface area (Å²) in [7, 11) is 6.79. The number of amides is 2. The standard InChI is InChI=1S/C18H35N3O3/c1-9-10-11-13(4)16(22)15(17(23)19-5)21(8)18(24)14(12(2)3)20(6)7/h9-10,12-16,22H,11H2,1-8H3,(H,19,23). The Balaban J connectivity index is 5.51. The highest BCUT2D eigenvalue weighted by molar-refractivity contribution is 5.90. The van der Waals surface area contributed by atoms with E-state index in [9.17, 15) is 14.7 Å². The molecule has 0 spiro atoms. The Kier molecular flexibility index (Phi) is 9.85. The molecule has 0 aliphatic heterocycles. The number of likely N-dealkylation sites (N-methyl/N-ethyl adjacent to an activating group) is 3. The molecular formula is C18H35N3O3. The molecule has 0 aromatic rings. The molecule has 0 aliphatic carbocycles. The van der Waals surface area contributed by atoms with Gasteiger partial charge in [-0.25, -0.2) is 0 Å². The molecule has 0 heterocycles. The first-order valence-corrected chi connectivity index (χ1v) is 8.53. The molecule has 0 rings (SSSR count). The summed E-state index contributed by atoms with van der Waals surface area (Å²) in [5.74, 6) is -0.568. The van der Waals surface area contributed by atoms with Crippen LogP contribution in [0.2, 0.25) is 0 Å². The van der Waals surface area contributed by atoms with Gasteiger partial charge in [0.1, 0.15) is 6.04 Å². The van der Waals surface area contributed by atoms with Crippen molar-refractivity contribution in [3.8, 4) is 0 Å². The van der Waals surface area contributed by atoms with E-state index in [1.54, 1.807) is 7.05 Å². The molecule has 4 atom stereocenters. The first-order chi connectivity index (χ1) is 11.1. The van der Waals surface area contributed by atoms with Crippen molar-refractivity contribution >= 4 is 11.8 Å². The second-order valence-electron chi connectivity index (χ2n) is 6.93. The van der Waals surface area contributed by atoms with Gasteiger partial charge < -0.3 is 15.3 Å². The van der Waals surface area contributed by atoms with Crippen LogP contribution in [0.5, 0.6) is 0 Å². The van der Waals surface area contributed by atoms with Crippen LogP contribution in [0.15, 0.2) is 12.2 Å². The van der Waals surface area contributed by atoms with Crippen molar-refractivity contribution in [3.05, 3.63) is 12.2 Å². The number of hydrogen-bond acceptors (Lipinski definition) is 4. The topological polar surface area (TPSA) is 72.9 Å². The summed E-state index contributed by atoms with van der Waals surface area (Å²) in [6.07, 6.45) is 3.57. The van der Waals surface area contributed by atoms with Gasteiger partial charge in [0, 0.05) is 14.1 Å². The summed E-state index contributed by atoms with van der Waals surface area (Å²) in [5.41, 5.74) is 0. The Bertz CT molecular complexity index is 427. The van der Waals surface area contributed by atoms with Gasteiger partial charge in [-0.05, 0) is 39.3 Å². The van der Waals surface area contributed by atoms with E-state index in [2.05, 4.69) is 5.32 Å². The average molecular weight is 341 g/mol. The zero-order valence-electron chi connectivity index (χ0n) is 16.4. The number of aliphatic hydroxyl groups is 1. The largest absolute Gasteiger partial charge is 0.390 e. The zero-order chi connectivity index (χ0) is 19.0. The zero-order valence-corrected chi connectivity index (χ0v) is 16.4. The Morgan fingerprint density at radius 3 is 2.04 bits per heavy atom. The maximum atomic E-state index is 12.9. The Morgan fingerprint density at radius 1 is 1.12 bits per heavy atom. The van der Waals surface area contributed by atoms with E-state index in [0.29, 0.717) is 6.42 Å². The van der Waals surface area contributed by atoms with E-state index < -0.39 is 12.1 Å². The lowest BCUT2D eigenvalue weighted by Gasteiger charge is -2.37. The molecule has 0 saturated heterocycles. The van der Waals surface area contributed by atoms with Crippen LogP contribution in [0.25, 0.3) is 0 Å². The molecule has 0 aromatic carbocycles. The highest BCUT2D eigenvalue weighted by atomic mass is 16.3. The van der Waals surface area contributed by atoms with E-state index in [1.165, 1.54) is 11.9 Å². The van der Waals surface area contributed by atoms with Crippen molar-refractivity contribution in [1.82, 2.24) is 15.1 Å². The molecule has 0 radical (unpaired) electrons. The molecule has 2 amide bonds. The van der Waals surface area contributed by atoms with E-state index in [1.807, 2.05) is 58.8 Å². The molecule has 0 saturated carbocycles. The third kappa shape index (κ3) is 5.91. The Morgan fingerprint density at radius 2 is 1.67 bits per heavy atom. The number of nitrogens with zero attached hydrogens (tertiary/aromatic N) is 2. The van der Waals surface area contributed by atoms with Crippen molar-refractivity contribution in [2.45, 2.75) is 52.3 Å². The second kappa shape index (κ2) is 10.5. The van der Waals surface area contributed by atoms with Gasteiger partial charge in [0.05, 0.1) is 12.1 Å². The fraction of sp³-hybridized carbons (Fsp3) is 0.778. The van der Waals surface area contributed by atoms with Crippen LogP contribution in [0.4, 0.5) is 0 Å². The maximum absolute atomic E-state index is 12.9. The molecule has 24 heavy (non-hydrogen) atoms. The fourth-order valence-electron chi connectivity index (χ4n) is 2.96. The van der Waals surface area contributed by atoms with Gasteiger partial charge in [-0.3, -0.25) is 14.5 Å². The summed E-state index contributed by atoms with van der Waals surface area (Å²) in [6.45, 7) is 7.73. The summed E-state index contributed by atoms with van der Waals surface area (Å²) in [4.78, 5) is 28.5. The molecule has 0 bridgehead atoms. The summed E-state index contributed by atoms with van der Waals surface area (Å²) in [5, 5.41) is 13.2. The van der Waals surface area contributed by atoms with E-state index in [4.69, 9.17) is 0 Å². The first-order valence-electron chi connectivity index (χ1n) is 8.53. The monoisotopic (exact) mass is 341 g/mol. The van der Waals surface area contributed by atoms with E-state index in [0.717, 1.165) is 0 Å². The minimum absolute atomic E-state index is 0.0953. The smallest absolute Gasteiger partial charge is 0.245 e.